The number of fused-ring (bicyclic) bond motifs is 2. The molecule has 3 atom stereocenters. The van der Waals surface area contributed by atoms with Crippen molar-refractivity contribution in [1.82, 2.24) is 4.90 Å². The fraction of sp³-hybridized carbons (Fsp3) is 0.464. The van der Waals surface area contributed by atoms with Crippen molar-refractivity contribution < 1.29 is 23.9 Å². The number of amides is 1. The van der Waals surface area contributed by atoms with Gasteiger partial charge >= 0.3 is 5.97 Å². The minimum absolute atomic E-state index is 0.0156. The van der Waals surface area contributed by atoms with Crippen LogP contribution in [0.25, 0.3) is 0 Å². The summed E-state index contributed by atoms with van der Waals surface area (Å²) in [4.78, 5) is 41.7. The van der Waals surface area contributed by atoms with Crippen LogP contribution < -0.4 is 4.90 Å². The molecule has 5 rings (SSSR count). The third-order valence-corrected chi connectivity index (χ3v) is 7.64. The minimum atomic E-state index is -0.956. The highest BCUT2D eigenvalue weighted by atomic mass is 19.1. The highest BCUT2D eigenvalue weighted by Gasteiger charge is 2.50. The number of rotatable bonds is 9. The third kappa shape index (κ3) is 4.95. The van der Waals surface area contributed by atoms with Crippen molar-refractivity contribution in [3.63, 3.8) is 0 Å². The van der Waals surface area contributed by atoms with Crippen LogP contribution in [0.5, 0.6) is 0 Å². The number of carbonyl (C=O) groups excluding carboxylic acids is 2. The molecule has 1 heterocycles. The van der Waals surface area contributed by atoms with Gasteiger partial charge in [0.05, 0.1) is 19.0 Å². The molecule has 0 aromatic heterocycles. The lowest BCUT2D eigenvalue weighted by atomic mass is 9.81. The van der Waals surface area contributed by atoms with Gasteiger partial charge < -0.3 is 14.9 Å². The topological polar surface area (TPSA) is 77.9 Å². The first-order valence-corrected chi connectivity index (χ1v) is 12.6. The number of benzene rings is 2. The van der Waals surface area contributed by atoms with Crippen molar-refractivity contribution in [2.45, 2.75) is 69.5 Å². The molecule has 184 valence electrons. The standard InChI is InChI=1S/C28H31FN2O4/c29-19-10-8-18(9-11-19)16-21(32)17-30-24-6-2-1-4-22(24)28(23-5-3-7-25(23)30)31(20-12-13-20)26(33)14-15-27(34)35/h1-2,4,6,8-11,20,23,25,28H,3,5,7,12-17H2,(H,34,35). The van der Waals surface area contributed by atoms with E-state index in [-0.39, 0.29) is 67.4 Å². The Balaban J connectivity index is 1.43. The second-order valence-electron chi connectivity index (χ2n) is 10.1. The van der Waals surface area contributed by atoms with Gasteiger partial charge in [-0.3, -0.25) is 14.4 Å². The number of carboxylic acid groups (broad SMARTS) is 1. The van der Waals surface area contributed by atoms with Crippen LogP contribution in [0.2, 0.25) is 0 Å². The Morgan fingerprint density at radius 1 is 0.971 bits per heavy atom. The summed E-state index contributed by atoms with van der Waals surface area (Å²) in [6.07, 6.45) is 4.98. The molecule has 3 unspecified atom stereocenters. The van der Waals surface area contributed by atoms with Crippen LogP contribution in [0, 0.1) is 11.7 Å². The maximum absolute atomic E-state index is 13.3. The lowest BCUT2D eigenvalue weighted by molar-refractivity contribution is -0.142. The maximum Gasteiger partial charge on any atom is 0.303 e. The Morgan fingerprint density at radius 2 is 1.71 bits per heavy atom. The zero-order valence-electron chi connectivity index (χ0n) is 19.7. The number of hydrogen-bond donors (Lipinski definition) is 1. The van der Waals surface area contributed by atoms with Gasteiger partial charge in [0.25, 0.3) is 0 Å². The zero-order valence-corrected chi connectivity index (χ0v) is 19.7. The molecule has 35 heavy (non-hydrogen) atoms. The molecule has 3 aliphatic rings. The fourth-order valence-electron chi connectivity index (χ4n) is 6.05. The zero-order chi connectivity index (χ0) is 24.5. The highest BCUT2D eigenvalue weighted by Crippen LogP contribution is 2.52. The number of halogens is 1. The van der Waals surface area contributed by atoms with Crippen molar-refractivity contribution >= 4 is 23.3 Å². The quantitative estimate of drug-likeness (QED) is 0.573. The summed E-state index contributed by atoms with van der Waals surface area (Å²) in [6.45, 7) is 0.276. The number of hydrogen-bond acceptors (Lipinski definition) is 4. The highest BCUT2D eigenvalue weighted by molar-refractivity contribution is 5.87. The molecule has 0 radical (unpaired) electrons. The van der Waals surface area contributed by atoms with E-state index in [0.717, 1.165) is 48.9 Å². The van der Waals surface area contributed by atoms with Crippen LogP contribution in [-0.4, -0.2) is 46.3 Å². The van der Waals surface area contributed by atoms with Crippen LogP contribution in [0.4, 0.5) is 10.1 Å². The molecule has 2 aromatic rings. The van der Waals surface area contributed by atoms with Gasteiger partial charge in [-0.15, -0.1) is 0 Å². The number of para-hydroxylation sites is 1. The summed E-state index contributed by atoms with van der Waals surface area (Å²) >= 11 is 0. The first-order valence-electron chi connectivity index (χ1n) is 12.6. The van der Waals surface area contributed by atoms with E-state index in [0.29, 0.717) is 0 Å². The molecule has 1 N–H and O–H groups in total. The number of ketones is 1. The second-order valence-corrected chi connectivity index (χ2v) is 10.1. The SMILES string of the molecule is O=C(O)CCC(=O)N(C1CC1)C1c2ccccc2N(CC(=O)Cc2ccc(F)cc2)C2CCCC21. The molecule has 2 fully saturated rings. The summed E-state index contributed by atoms with van der Waals surface area (Å²) in [7, 11) is 0. The largest absolute Gasteiger partial charge is 0.481 e. The van der Waals surface area contributed by atoms with E-state index < -0.39 is 5.97 Å². The van der Waals surface area contributed by atoms with E-state index in [2.05, 4.69) is 11.0 Å². The molecule has 0 spiro atoms. The Kier molecular flexibility index (Phi) is 6.58. The van der Waals surface area contributed by atoms with E-state index in [1.807, 2.05) is 23.1 Å². The van der Waals surface area contributed by atoms with Gasteiger partial charge in [0, 0.05) is 36.5 Å². The van der Waals surface area contributed by atoms with Gasteiger partial charge in [-0.25, -0.2) is 4.39 Å². The average molecular weight is 479 g/mol. The minimum Gasteiger partial charge on any atom is -0.481 e. The van der Waals surface area contributed by atoms with Gasteiger partial charge in [0.1, 0.15) is 5.82 Å². The Hall–Kier alpha value is -3.22. The van der Waals surface area contributed by atoms with Gasteiger partial charge in [0.15, 0.2) is 5.78 Å². The van der Waals surface area contributed by atoms with Gasteiger partial charge in [0.2, 0.25) is 5.91 Å². The summed E-state index contributed by atoms with van der Waals surface area (Å²) < 4.78 is 13.3. The Morgan fingerprint density at radius 3 is 2.43 bits per heavy atom. The summed E-state index contributed by atoms with van der Waals surface area (Å²) in [6, 6.07) is 14.3. The van der Waals surface area contributed by atoms with E-state index in [1.54, 1.807) is 12.1 Å². The first kappa shape index (κ1) is 23.5. The number of Topliss-reactive ketones (excluding diaryl/α,β-unsaturated/α-hetero) is 1. The fourth-order valence-corrected chi connectivity index (χ4v) is 6.05. The number of nitrogens with zero attached hydrogens (tertiary/aromatic N) is 2. The van der Waals surface area contributed by atoms with Crippen molar-refractivity contribution in [2.24, 2.45) is 5.92 Å². The summed E-state index contributed by atoms with van der Waals surface area (Å²) in [5.74, 6) is -1.07. The average Bonchev–Trinajstić information content (AvgIpc) is 3.56. The third-order valence-electron chi connectivity index (χ3n) is 7.64. The number of aliphatic carboxylic acids is 1. The number of carboxylic acids is 1. The van der Waals surface area contributed by atoms with Crippen LogP contribution in [0.3, 0.4) is 0 Å². The van der Waals surface area contributed by atoms with Gasteiger partial charge in [-0.1, -0.05) is 36.8 Å². The monoisotopic (exact) mass is 478 g/mol. The smallest absolute Gasteiger partial charge is 0.303 e. The van der Waals surface area contributed by atoms with Crippen LogP contribution in [0.1, 0.15) is 62.1 Å². The molecule has 2 aliphatic carbocycles. The maximum atomic E-state index is 13.3. The van der Waals surface area contributed by atoms with Crippen molar-refractivity contribution in [2.75, 3.05) is 11.4 Å². The molecule has 1 aliphatic heterocycles. The van der Waals surface area contributed by atoms with Crippen LogP contribution in [-0.2, 0) is 20.8 Å². The molecule has 7 heteroatoms. The lowest BCUT2D eigenvalue weighted by Crippen LogP contribution is -2.52. The van der Waals surface area contributed by atoms with E-state index in [1.165, 1.54) is 12.1 Å². The molecule has 2 saturated carbocycles. The van der Waals surface area contributed by atoms with E-state index in [9.17, 15) is 18.8 Å². The predicted molar refractivity (Wildman–Crippen MR) is 130 cm³/mol. The lowest BCUT2D eigenvalue weighted by Gasteiger charge is -2.48. The van der Waals surface area contributed by atoms with E-state index >= 15 is 0 Å². The Labute approximate surface area is 204 Å². The van der Waals surface area contributed by atoms with Gasteiger partial charge in [-0.2, -0.15) is 0 Å². The van der Waals surface area contributed by atoms with Crippen molar-refractivity contribution in [1.29, 1.82) is 0 Å². The van der Waals surface area contributed by atoms with Gasteiger partial charge in [-0.05, 0) is 55.0 Å². The molecular weight excluding hydrogens is 447 g/mol. The first-order chi connectivity index (χ1) is 16.9. The second kappa shape index (κ2) is 9.80. The van der Waals surface area contributed by atoms with Crippen molar-refractivity contribution in [3.05, 3.63) is 65.5 Å². The molecule has 2 aromatic carbocycles. The molecule has 6 nitrogen and oxygen atoms in total. The molecule has 0 bridgehead atoms. The molecular formula is C28H31FN2O4. The van der Waals surface area contributed by atoms with Crippen molar-refractivity contribution in [3.8, 4) is 0 Å². The summed E-state index contributed by atoms with van der Waals surface area (Å²) in [5.41, 5.74) is 2.84. The Bertz CT molecular complexity index is 1110. The number of anilines is 1. The summed E-state index contributed by atoms with van der Waals surface area (Å²) in [5, 5.41) is 9.13. The van der Waals surface area contributed by atoms with Crippen LogP contribution in [0.15, 0.2) is 48.5 Å². The van der Waals surface area contributed by atoms with E-state index in [4.69, 9.17) is 5.11 Å². The predicted octanol–water partition coefficient (Wildman–Crippen LogP) is 4.52. The van der Waals surface area contributed by atoms with Crippen LogP contribution >= 0.6 is 0 Å². The number of carbonyl (C=O) groups is 3. The molecule has 1 amide bonds. The normalized spacial score (nSPS) is 22.9. The molecule has 0 saturated heterocycles.